The van der Waals surface area contributed by atoms with Gasteiger partial charge in [-0.15, -0.1) is 0 Å². The number of nitrogens with zero attached hydrogens (tertiary/aromatic N) is 2. The summed E-state index contributed by atoms with van der Waals surface area (Å²) in [6.07, 6.45) is 0.302. The number of methoxy groups -OCH3 is 1. The maximum Gasteiger partial charge on any atom is 0.342 e. The largest absolute Gasteiger partial charge is 0.495 e. The minimum Gasteiger partial charge on any atom is -0.495 e. The van der Waals surface area contributed by atoms with E-state index in [4.69, 9.17) is 27.9 Å². The van der Waals surface area contributed by atoms with E-state index in [1.54, 1.807) is 60.7 Å². The lowest BCUT2D eigenvalue weighted by molar-refractivity contribution is 0.215. The Balaban J connectivity index is 1.54. The number of hydrogen-bond acceptors (Lipinski definition) is 5. The zero-order valence-corrected chi connectivity index (χ0v) is 21.1. The van der Waals surface area contributed by atoms with Gasteiger partial charge >= 0.3 is 6.03 Å². The Morgan fingerprint density at radius 1 is 1.09 bits per heavy atom. The lowest BCUT2D eigenvalue weighted by Crippen LogP contribution is -2.31. The molecule has 0 aliphatic carbocycles. The van der Waals surface area contributed by atoms with Crippen molar-refractivity contribution in [3.05, 3.63) is 88.4 Å². The summed E-state index contributed by atoms with van der Waals surface area (Å²) in [4.78, 5) is 13.2. The van der Waals surface area contributed by atoms with Gasteiger partial charge in [0, 0.05) is 16.6 Å². The van der Waals surface area contributed by atoms with Crippen LogP contribution < -0.4 is 10.1 Å². The maximum absolute atomic E-state index is 13.0. The predicted molar refractivity (Wildman–Crippen MR) is 138 cm³/mol. The Hall–Kier alpha value is -3.07. The van der Waals surface area contributed by atoms with Crippen LogP contribution in [0.2, 0.25) is 10.0 Å². The number of carbonyl (C=O) groups is 1. The summed E-state index contributed by atoms with van der Waals surface area (Å²) in [7, 11) is -1.97. The molecule has 0 saturated carbocycles. The first-order valence-corrected chi connectivity index (χ1v) is 13.2. The van der Waals surface area contributed by atoms with Crippen LogP contribution in [0.3, 0.4) is 0 Å². The van der Waals surface area contributed by atoms with E-state index in [2.05, 4.69) is 10.4 Å². The molecule has 1 N–H and O–H groups in total. The Bertz CT molecular complexity index is 1350. The highest BCUT2D eigenvalue weighted by atomic mass is 35.5. The normalized spacial score (nSPS) is 15.6. The van der Waals surface area contributed by atoms with Crippen LogP contribution in [-0.2, 0) is 9.84 Å². The summed E-state index contributed by atoms with van der Waals surface area (Å²) in [5.41, 5.74) is 1.89. The number of hydrogen-bond donors (Lipinski definition) is 1. The molecule has 1 heterocycles. The average molecular weight is 532 g/mol. The average Bonchev–Trinajstić information content (AvgIpc) is 3.28. The van der Waals surface area contributed by atoms with E-state index in [1.165, 1.54) is 12.1 Å². The summed E-state index contributed by atoms with van der Waals surface area (Å²) >= 11 is 12.2. The topological polar surface area (TPSA) is 88.1 Å². The molecule has 10 heteroatoms. The highest BCUT2D eigenvalue weighted by molar-refractivity contribution is 7.91. The number of halogens is 2. The van der Waals surface area contributed by atoms with Crippen molar-refractivity contribution in [2.24, 2.45) is 11.0 Å². The number of amides is 2. The van der Waals surface area contributed by atoms with Crippen molar-refractivity contribution in [3.8, 4) is 5.75 Å². The van der Waals surface area contributed by atoms with E-state index in [0.717, 1.165) is 5.56 Å². The highest BCUT2D eigenvalue weighted by Crippen LogP contribution is 2.29. The molecule has 1 atom stereocenters. The molecule has 0 radical (unpaired) electrons. The van der Waals surface area contributed by atoms with Crippen LogP contribution >= 0.6 is 23.2 Å². The van der Waals surface area contributed by atoms with Crippen molar-refractivity contribution in [2.45, 2.75) is 11.3 Å². The number of ether oxygens (including phenoxy) is 1. The third kappa shape index (κ3) is 5.96. The van der Waals surface area contributed by atoms with Crippen LogP contribution in [0.4, 0.5) is 10.5 Å². The van der Waals surface area contributed by atoms with Crippen LogP contribution in [0, 0.1) is 5.92 Å². The van der Waals surface area contributed by atoms with Gasteiger partial charge in [0.2, 0.25) is 0 Å². The second-order valence-corrected chi connectivity index (χ2v) is 10.9. The van der Waals surface area contributed by atoms with Gasteiger partial charge in [0.05, 0.1) is 35.0 Å². The lowest BCUT2D eigenvalue weighted by atomic mass is 9.95. The number of hydrazone groups is 1. The molecule has 0 bridgehead atoms. The van der Waals surface area contributed by atoms with Crippen LogP contribution in [0.25, 0.3) is 0 Å². The molecule has 0 fully saturated rings. The number of benzene rings is 3. The standard InChI is InChI=1S/C25H23Cl2N3O4S/c1-34-23-12-11-20(15-22(23)27)28-25(31)30-16-18(24(29-30)17-7-9-19(26)10-8-17)13-14-35(32,33)21-5-3-2-4-6-21/h2-12,15,18H,13-14,16H2,1H3,(H,28,31). The van der Waals surface area contributed by atoms with Crippen LogP contribution in [-0.4, -0.2) is 44.6 Å². The molecule has 1 aliphatic rings. The van der Waals surface area contributed by atoms with Crippen molar-refractivity contribution in [3.63, 3.8) is 0 Å². The fraction of sp³-hybridized carbons (Fsp3) is 0.200. The van der Waals surface area contributed by atoms with Crippen molar-refractivity contribution >= 4 is 50.5 Å². The van der Waals surface area contributed by atoms with Crippen molar-refractivity contribution in [1.29, 1.82) is 0 Å². The Morgan fingerprint density at radius 3 is 2.46 bits per heavy atom. The highest BCUT2D eigenvalue weighted by Gasteiger charge is 2.32. The number of anilines is 1. The molecule has 0 saturated heterocycles. The molecular weight excluding hydrogens is 509 g/mol. The van der Waals surface area contributed by atoms with Crippen molar-refractivity contribution < 1.29 is 17.9 Å². The number of carbonyl (C=O) groups excluding carboxylic acids is 1. The summed E-state index contributed by atoms with van der Waals surface area (Å²) in [5.74, 6) is 0.145. The Kier molecular flexibility index (Phi) is 7.64. The minimum absolute atomic E-state index is 0.0716. The molecule has 35 heavy (non-hydrogen) atoms. The van der Waals surface area contributed by atoms with Crippen LogP contribution in [0.5, 0.6) is 5.75 Å². The van der Waals surface area contributed by atoms with E-state index in [9.17, 15) is 13.2 Å². The van der Waals surface area contributed by atoms with Gasteiger partial charge in [-0.2, -0.15) is 5.10 Å². The monoisotopic (exact) mass is 531 g/mol. The molecule has 3 aromatic rings. The van der Waals surface area contributed by atoms with E-state index >= 15 is 0 Å². The summed E-state index contributed by atoms with van der Waals surface area (Å²) in [5, 5.41) is 9.55. The molecule has 182 valence electrons. The van der Waals surface area contributed by atoms with E-state index in [1.807, 2.05) is 12.1 Å². The molecule has 2 amide bonds. The van der Waals surface area contributed by atoms with Gasteiger partial charge in [-0.3, -0.25) is 0 Å². The first-order chi connectivity index (χ1) is 16.8. The molecule has 7 nitrogen and oxygen atoms in total. The molecule has 4 rings (SSSR count). The fourth-order valence-corrected chi connectivity index (χ4v) is 5.58. The quantitative estimate of drug-likeness (QED) is 0.421. The smallest absolute Gasteiger partial charge is 0.342 e. The molecule has 0 aromatic heterocycles. The van der Waals surface area contributed by atoms with Gasteiger partial charge in [0.15, 0.2) is 9.84 Å². The van der Waals surface area contributed by atoms with Gasteiger partial charge in [-0.05, 0) is 54.4 Å². The van der Waals surface area contributed by atoms with E-state index < -0.39 is 15.9 Å². The number of rotatable bonds is 7. The molecule has 1 unspecified atom stereocenters. The van der Waals surface area contributed by atoms with Gasteiger partial charge in [-0.1, -0.05) is 53.5 Å². The zero-order valence-electron chi connectivity index (χ0n) is 18.8. The third-order valence-corrected chi connectivity index (χ3v) is 7.93. The number of nitrogens with one attached hydrogen (secondary N) is 1. The second kappa shape index (κ2) is 10.7. The second-order valence-electron chi connectivity index (χ2n) is 7.97. The number of urea groups is 1. The van der Waals surface area contributed by atoms with E-state index in [-0.39, 0.29) is 23.1 Å². The molecule has 0 spiro atoms. The zero-order chi connectivity index (χ0) is 25.0. The summed E-state index contributed by atoms with van der Waals surface area (Å²) < 4.78 is 30.8. The maximum atomic E-state index is 13.0. The minimum atomic E-state index is -3.48. The Morgan fingerprint density at radius 2 is 1.80 bits per heavy atom. The predicted octanol–water partition coefficient (Wildman–Crippen LogP) is 5.73. The van der Waals surface area contributed by atoms with Crippen LogP contribution in [0.1, 0.15) is 12.0 Å². The lowest BCUT2D eigenvalue weighted by Gasteiger charge is -2.16. The summed E-state index contributed by atoms with van der Waals surface area (Å²) in [6.45, 7) is 0.234. The van der Waals surface area contributed by atoms with Gasteiger partial charge in [-0.25, -0.2) is 18.2 Å². The Labute approximate surface area is 214 Å². The molecular formula is C25H23Cl2N3O4S. The van der Waals surface area contributed by atoms with Crippen molar-refractivity contribution in [1.82, 2.24) is 5.01 Å². The molecule has 1 aliphatic heterocycles. The van der Waals surface area contributed by atoms with Crippen molar-refractivity contribution in [2.75, 3.05) is 24.7 Å². The third-order valence-electron chi connectivity index (χ3n) is 5.62. The first kappa shape index (κ1) is 25.0. The molecule has 3 aromatic carbocycles. The van der Waals surface area contributed by atoms with Crippen LogP contribution in [0.15, 0.2) is 82.8 Å². The van der Waals surface area contributed by atoms with Gasteiger partial charge < -0.3 is 10.1 Å². The fourth-order valence-electron chi connectivity index (χ4n) is 3.79. The van der Waals surface area contributed by atoms with Gasteiger partial charge in [0.25, 0.3) is 0 Å². The SMILES string of the molecule is COc1ccc(NC(=O)N2CC(CCS(=O)(=O)c3ccccc3)C(c3ccc(Cl)cc3)=N2)cc1Cl. The summed E-state index contributed by atoms with van der Waals surface area (Å²) in [6, 6.07) is 19.9. The van der Waals surface area contributed by atoms with E-state index in [0.29, 0.717) is 33.6 Å². The number of sulfone groups is 1. The first-order valence-electron chi connectivity index (χ1n) is 10.8. The van der Waals surface area contributed by atoms with Gasteiger partial charge in [0.1, 0.15) is 5.75 Å².